The Balaban J connectivity index is 1.31. The van der Waals surface area contributed by atoms with Crippen LogP contribution in [-0.4, -0.2) is 48.2 Å². The van der Waals surface area contributed by atoms with E-state index in [2.05, 4.69) is 57.6 Å². The molecule has 6 heteroatoms. The molecular weight excluding hydrogens is 358 g/mol. The van der Waals surface area contributed by atoms with Crippen molar-refractivity contribution >= 4 is 11.3 Å². The minimum atomic E-state index is 0.844. The van der Waals surface area contributed by atoms with Gasteiger partial charge in [-0.05, 0) is 24.4 Å². The van der Waals surface area contributed by atoms with E-state index < -0.39 is 0 Å². The van der Waals surface area contributed by atoms with E-state index in [4.69, 9.17) is 9.26 Å². The number of ether oxygens (including phenoxy) is 1. The number of aromatic nitrogens is 1. The molecule has 0 bridgehead atoms. The van der Waals surface area contributed by atoms with Crippen LogP contribution >= 0.6 is 11.3 Å². The molecule has 0 radical (unpaired) electrons. The number of piperazine rings is 1. The quantitative estimate of drug-likeness (QED) is 0.643. The SMILES string of the molecule is COc1ccc(C)cc1CN1CCN(Cc2cc(-c3cccs3)on2)CC1. The lowest BCUT2D eigenvalue weighted by Gasteiger charge is -2.34. The fourth-order valence-corrected chi connectivity index (χ4v) is 4.20. The van der Waals surface area contributed by atoms with Crippen molar-refractivity contribution in [2.24, 2.45) is 0 Å². The summed E-state index contributed by atoms with van der Waals surface area (Å²) in [5, 5.41) is 6.30. The van der Waals surface area contributed by atoms with E-state index >= 15 is 0 Å². The zero-order chi connectivity index (χ0) is 18.6. The summed E-state index contributed by atoms with van der Waals surface area (Å²) in [5.41, 5.74) is 3.55. The lowest BCUT2D eigenvalue weighted by atomic mass is 10.1. The summed E-state index contributed by atoms with van der Waals surface area (Å²) in [7, 11) is 1.74. The molecule has 1 fully saturated rings. The highest BCUT2D eigenvalue weighted by atomic mass is 32.1. The third-order valence-corrected chi connectivity index (χ3v) is 5.89. The van der Waals surface area contributed by atoms with Gasteiger partial charge in [0.2, 0.25) is 0 Å². The molecular formula is C21H25N3O2S. The van der Waals surface area contributed by atoms with Gasteiger partial charge in [-0.25, -0.2) is 0 Å². The first-order valence-electron chi connectivity index (χ1n) is 9.29. The summed E-state index contributed by atoms with van der Waals surface area (Å²) >= 11 is 1.68. The van der Waals surface area contributed by atoms with E-state index in [0.717, 1.165) is 61.3 Å². The number of aryl methyl sites for hydroxylation is 1. The molecule has 1 aliphatic heterocycles. The van der Waals surface area contributed by atoms with Gasteiger partial charge in [-0.15, -0.1) is 11.3 Å². The van der Waals surface area contributed by atoms with Crippen LogP contribution in [0.2, 0.25) is 0 Å². The van der Waals surface area contributed by atoms with Crippen molar-refractivity contribution in [3.05, 3.63) is 58.6 Å². The van der Waals surface area contributed by atoms with E-state index in [1.165, 1.54) is 11.1 Å². The second kappa shape index (κ2) is 8.25. The molecule has 1 aliphatic rings. The summed E-state index contributed by atoms with van der Waals surface area (Å²) in [5.74, 6) is 1.84. The molecule has 0 atom stereocenters. The predicted octanol–water partition coefficient (Wildman–Crippen LogP) is 4.04. The van der Waals surface area contributed by atoms with Gasteiger partial charge in [0.1, 0.15) is 5.75 Å². The average Bonchev–Trinajstić information content (AvgIpc) is 3.35. The molecule has 1 saturated heterocycles. The average molecular weight is 384 g/mol. The van der Waals surface area contributed by atoms with E-state index in [1.54, 1.807) is 18.4 Å². The Bertz CT molecular complexity index is 867. The number of hydrogen-bond acceptors (Lipinski definition) is 6. The van der Waals surface area contributed by atoms with Gasteiger partial charge in [0.15, 0.2) is 5.76 Å². The summed E-state index contributed by atoms with van der Waals surface area (Å²) in [4.78, 5) is 6.07. The molecule has 3 aromatic rings. The van der Waals surface area contributed by atoms with Gasteiger partial charge in [0.25, 0.3) is 0 Å². The van der Waals surface area contributed by atoms with Crippen LogP contribution < -0.4 is 4.74 Å². The molecule has 1 aromatic carbocycles. The van der Waals surface area contributed by atoms with Gasteiger partial charge >= 0.3 is 0 Å². The number of methoxy groups -OCH3 is 1. The van der Waals surface area contributed by atoms with Gasteiger partial charge in [-0.3, -0.25) is 9.80 Å². The maximum absolute atomic E-state index is 5.52. The van der Waals surface area contributed by atoms with Crippen LogP contribution in [0.1, 0.15) is 16.8 Å². The normalized spacial score (nSPS) is 15.9. The van der Waals surface area contributed by atoms with Crippen LogP contribution in [0.3, 0.4) is 0 Å². The first kappa shape index (κ1) is 18.2. The Morgan fingerprint density at radius 1 is 1.07 bits per heavy atom. The second-order valence-electron chi connectivity index (χ2n) is 7.03. The third-order valence-electron chi connectivity index (χ3n) is 5.00. The fraction of sp³-hybridized carbons (Fsp3) is 0.381. The van der Waals surface area contributed by atoms with Gasteiger partial charge in [0, 0.05) is 50.9 Å². The fourth-order valence-electron chi connectivity index (χ4n) is 3.53. The number of rotatable bonds is 6. The van der Waals surface area contributed by atoms with Crippen molar-refractivity contribution in [3.63, 3.8) is 0 Å². The van der Waals surface area contributed by atoms with Crippen molar-refractivity contribution in [2.45, 2.75) is 20.0 Å². The predicted molar refractivity (Wildman–Crippen MR) is 108 cm³/mol. The Kier molecular flexibility index (Phi) is 5.57. The van der Waals surface area contributed by atoms with Crippen molar-refractivity contribution in [3.8, 4) is 16.4 Å². The molecule has 0 spiro atoms. The van der Waals surface area contributed by atoms with Crippen molar-refractivity contribution in [1.29, 1.82) is 0 Å². The third kappa shape index (κ3) is 4.40. The van der Waals surface area contributed by atoms with Crippen LogP contribution in [0, 0.1) is 6.92 Å². The second-order valence-corrected chi connectivity index (χ2v) is 7.98. The standard InChI is InChI=1S/C21H25N3O2S/c1-16-5-6-19(25-2)17(12-16)14-23-7-9-24(10-8-23)15-18-13-20(26-22-18)21-4-3-11-27-21/h3-6,11-13H,7-10,14-15H2,1-2H3. The Morgan fingerprint density at radius 2 is 1.85 bits per heavy atom. The van der Waals surface area contributed by atoms with E-state index in [-0.39, 0.29) is 0 Å². The number of nitrogens with zero attached hydrogens (tertiary/aromatic N) is 3. The lowest BCUT2D eigenvalue weighted by Crippen LogP contribution is -2.45. The topological polar surface area (TPSA) is 41.7 Å². The molecule has 0 saturated carbocycles. The van der Waals surface area contributed by atoms with E-state index in [9.17, 15) is 0 Å². The molecule has 27 heavy (non-hydrogen) atoms. The molecule has 142 valence electrons. The Labute approximate surface area is 164 Å². The zero-order valence-corrected chi connectivity index (χ0v) is 16.7. The van der Waals surface area contributed by atoms with Crippen molar-refractivity contribution < 1.29 is 9.26 Å². The smallest absolute Gasteiger partial charge is 0.177 e. The molecule has 2 aromatic heterocycles. The Morgan fingerprint density at radius 3 is 2.56 bits per heavy atom. The molecule has 3 heterocycles. The number of benzene rings is 1. The first-order valence-corrected chi connectivity index (χ1v) is 10.2. The van der Waals surface area contributed by atoms with Gasteiger partial charge < -0.3 is 9.26 Å². The maximum atomic E-state index is 5.52. The van der Waals surface area contributed by atoms with Gasteiger partial charge in [-0.2, -0.15) is 0 Å². The summed E-state index contributed by atoms with van der Waals surface area (Å²) in [6.07, 6.45) is 0. The van der Waals surface area contributed by atoms with Gasteiger partial charge in [-0.1, -0.05) is 28.9 Å². The largest absolute Gasteiger partial charge is 0.496 e. The highest BCUT2D eigenvalue weighted by Crippen LogP contribution is 2.26. The zero-order valence-electron chi connectivity index (χ0n) is 15.9. The van der Waals surface area contributed by atoms with Crippen molar-refractivity contribution in [1.82, 2.24) is 15.0 Å². The number of thiophene rings is 1. The number of hydrogen-bond donors (Lipinski definition) is 0. The first-order chi connectivity index (χ1) is 13.2. The lowest BCUT2D eigenvalue weighted by molar-refractivity contribution is 0.119. The summed E-state index contributed by atoms with van der Waals surface area (Å²) in [6.45, 7) is 8.08. The van der Waals surface area contributed by atoms with Crippen LogP contribution in [0.4, 0.5) is 0 Å². The molecule has 0 N–H and O–H groups in total. The maximum Gasteiger partial charge on any atom is 0.177 e. The molecule has 0 aliphatic carbocycles. The van der Waals surface area contributed by atoms with Crippen LogP contribution in [0.25, 0.3) is 10.6 Å². The summed E-state index contributed by atoms with van der Waals surface area (Å²) in [6, 6.07) is 12.6. The monoisotopic (exact) mass is 383 g/mol. The molecule has 4 rings (SSSR count). The van der Waals surface area contributed by atoms with E-state index in [1.807, 2.05) is 6.07 Å². The molecule has 0 unspecified atom stereocenters. The highest BCUT2D eigenvalue weighted by Gasteiger charge is 2.20. The Hall–Kier alpha value is -2.15. The van der Waals surface area contributed by atoms with E-state index in [0.29, 0.717) is 0 Å². The minimum absolute atomic E-state index is 0.844. The van der Waals surface area contributed by atoms with Crippen LogP contribution in [0.5, 0.6) is 5.75 Å². The molecule has 5 nitrogen and oxygen atoms in total. The van der Waals surface area contributed by atoms with Gasteiger partial charge in [0.05, 0.1) is 17.7 Å². The van der Waals surface area contributed by atoms with Crippen LogP contribution in [-0.2, 0) is 13.1 Å². The van der Waals surface area contributed by atoms with Crippen LogP contribution in [0.15, 0.2) is 46.3 Å². The molecule has 0 amide bonds. The highest BCUT2D eigenvalue weighted by molar-refractivity contribution is 7.13. The minimum Gasteiger partial charge on any atom is -0.496 e. The van der Waals surface area contributed by atoms with Crippen molar-refractivity contribution in [2.75, 3.05) is 33.3 Å². The summed E-state index contributed by atoms with van der Waals surface area (Å²) < 4.78 is 11.0.